The van der Waals surface area contributed by atoms with E-state index in [1.54, 1.807) is 6.07 Å². The summed E-state index contributed by atoms with van der Waals surface area (Å²) in [5.74, 6) is 0. The average molecular weight is 284 g/mol. The van der Waals surface area contributed by atoms with Crippen molar-refractivity contribution < 1.29 is 13.2 Å². The highest BCUT2D eigenvalue weighted by atomic mass is 19.4. The third kappa shape index (κ3) is 4.00. The van der Waals surface area contributed by atoms with E-state index in [1.165, 1.54) is 10.8 Å². The first-order chi connectivity index (χ1) is 9.14. The fourth-order valence-corrected chi connectivity index (χ4v) is 2.04. The predicted octanol–water partition coefficient (Wildman–Crippen LogP) is 4.09. The minimum Gasteiger partial charge on any atom is -0.338 e. The van der Waals surface area contributed by atoms with Crippen LogP contribution in [0.2, 0.25) is 0 Å². The summed E-state index contributed by atoms with van der Waals surface area (Å²) in [6.45, 7) is 5.84. The fraction of sp³-hybridized carbons (Fsp3) is 0.467. The quantitative estimate of drug-likeness (QED) is 0.898. The number of rotatable bonds is 3. The van der Waals surface area contributed by atoms with Crippen molar-refractivity contribution in [3.8, 4) is 0 Å². The molecule has 1 aromatic heterocycles. The average Bonchev–Trinajstić information content (AvgIpc) is 2.66. The summed E-state index contributed by atoms with van der Waals surface area (Å²) in [6.07, 6.45) is -2.72. The van der Waals surface area contributed by atoms with Crippen LogP contribution in [0.15, 0.2) is 30.5 Å². The zero-order valence-corrected chi connectivity index (χ0v) is 11.9. The van der Waals surface area contributed by atoms with Crippen LogP contribution in [0.25, 0.3) is 10.9 Å². The Labute approximate surface area is 116 Å². The largest absolute Gasteiger partial charge is 0.406 e. The molecule has 0 spiro atoms. The zero-order chi connectivity index (χ0) is 15.0. The van der Waals surface area contributed by atoms with E-state index in [0.717, 1.165) is 10.9 Å². The number of fused-ring (bicyclic) bond motifs is 1. The van der Waals surface area contributed by atoms with Gasteiger partial charge in [0.2, 0.25) is 0 Å². The smallest absolute Gasteiger partial charge is 0.338 e. The van der Waals surface area contributed by atoms with E-state index >= 15 is 0 Å². The summed E-state index contributed by atoms with van der Waals surface area (Å²) in [7, 11) is 0. The van der Waals surface area contributed by atoms with Crippen molar-refractivity contribution in [3.05, 3.63) is 36.0 Å². The van der Waals surface area contributed by atoms with Crippen LogP contribution < -0.4 is 5.32 Å². The van der Waals surface area contributed by atoms with Crippen molar-refractivity contribution in [2.45, 2.75) is 45.6 Å². The Balaban J connectivity index is 2.25. The van der Waals surface area contributed by atoms with E-state index in [1.807, 2.05) is 18.2 Å². The van der Waals surface area contributed by atoms with Crippen LogP contribution in [0.5, 0.6) is 0 Å². The molecule has 20 heavy (non-hydrogen) atoms. The topological polar surface area (TPSA) is 17.0 Å². The Morgan fingerprint density at radius 3 is 2.40 bits per heavy atom. The maximum absolute atomic E-state index is 12.5. The number of nitrogens with one attached hydrogen (secondary N) is 1. The van der Waals surface area contributed by atoms with Gasteiger partial charge in [0, 0.05) is 23.8 Å². The lowest BCUT2D eigenvalue weighted by atomic mass is 10.1. The standard InChI is InChI=1S/C15H19F3N2/c1-14(2,3)19-9-11-4-5-12-6-7-20(13(12)8-11)10-15(16,17)18/h4-8,19H,9-10H2,1-3H3. The lowest BCUT2D eigenvalue weighted by Gasteiger charge is -2.20. The molecule has 1 heterocycles. The number of hydrogen-bond donors (Lipinski definition) is 1. The second-order valence-electron chi connectivity index (χ2n) is 6.06. The summed E-state index contributed by atoms with van der Waals surface area (Å²) in [6, 6.07) is 7.34. The Kier molecular flexibility index (Phi) is 3.82. The Bertz CT molecular complexity index is 591. The van der Waals surface area contributed by atoms with Crippen molar-refractivity contribution in [2.75, 3.05) is 0 Å². The van der Waals surface area contributed by atoms with Gasteiger partial charge in [-0.25, -0.2) is 0 Å². The number of benzene rings is 1. The van der Waals surface area contributed by atoms with Crippen LogP contribution in [0.4, 0.5) is 13.2 Å². The van der Waals surface area contributed by atoms with Gasteiger partial charge in [0.05, 0.1) is 0 Å². The van der Waals surface area contributed by atoms with E-state index in [2.05, 4.69) is 26.1 Å². The van der Waals surface area contributed by atoms with Crippen LogP contribution in [0.3, 0.4) is 0 Å². The SMILES string of the molecule is CC(C)(C)NCc1ccc2ccn(CC(F)(F)F)c2c1. The molecule has 5 heteroatoms. The maximum atomic E-state index is 12.5. The molecule has 0 aliphatic carbocycles. The van der Waals surface area contributed by atoms with Gasteiger partial charge in [-0.1, -0.05) is 12.1 Å². The number of aromatic nitrogens is 1. The van der Waals surface area contributed by atoms with E-state index in [0.29, 0.717) is 12.1 Å². The predicted molar refractivity (Wildman–Crippen MR) is 74.6 cm³/mol. The third-order valence-electron chi connectivity index (χ3n) is 3.01. The van der Waals surface area contributed by atoms with Crippen molar-refractivity contribution >= 4 is 10.9 Å². The highest BCUT2D eigenvalue weighted by molar-refractivity contribution is 5.80. The Morgan fingerprint density at radius 1 is 1.10 bits per heavy atom. The lowest BCUT2D eigenvalue weighted by molar-refractivity contribution is -0.139. The van der Waals surface area contributed by atoms with Crippen LogP contribution in [-0.2, 0) is 13.1 Å². The number of hydrogen-bond acceptors (Lipinski definition) is 1. The first kappa shape index (κ1) is 14.9. The molecule has 2 nitrogen and oxygen atoms in total. The monoisotopic (exact) mass is 284 g/mol. The second-order valence-corrected chi connectivity index (χ2v) is 6.06. The number of alkyl halides is 3. The van der Waals surface area contributed by atoms with Gasteiger partial charge in [0.1, 0.15) is 6.54 Å². The molecule has 0 atom stereocenters. The Hall–Kier alpha value is -1.49. The number of halogens is 3. The highest BCUT2D eigenvalue weighted by Crippen LogP contribution is 2.23. The highest BCUT2D eigenvalue weighted by Gasteiger charge is 2.28. The van der Waals surface area contributed by atoms with Crippen LogP contribution >= 0.6 is 0 Å². The normalized spacial score (nSPS) is 13.1. The second kappa shape index (κ2) is 5.13. The molecule has 1 N–H and O–H groups in total. The minimum absolute atomic E-state index is 0.0249. The van der Waals surface area contributed by atoms with Gasteiger partial charge in [-0.2, -0.15) is 13.2 Å². The van der Waals surface area contributed by atoms with Crippen LogP contribution in [-0.4, -0.2) is 16.3 Å². The fourth-order valence-electron chi connectivity index (χ4n) is 2.04. The first-order valence-electron chi connectivity index (χ1n) is 6.54. The van der Waals surface area contributed by atoms with Crippen molar-refractivity contribution in [2.24, 2.45) is 0 Å². The van der Waals surface area contributed by atoms with Gasteiger partial charge in [-0.15, -0.1) is 0 Å². The van der Waals surface area contributed by atoms with Gasteiger partial charge in [-0.05, 0) is 43.9 Å². The van der Waals surface area contributed by atoms with E-state index in [9.17, 15) is 13.2 Å². The van der Waals surface area contributed by atoms with Crippen molar-refractivity contribution in [1.29, 1.82) is 0 Å². The summed E-state index contributed by atoms with van der Waals surface area (Å²) in [5, 5.41) is 4.16. The molecule has 0 amide bonds. The molecule has 0 aliphatic heterocycles. The molecule has 1 aromatic carbocycles. The third-order valence-corrected chi connectivity index (χ3v) is 3.01. The molecule has 2 aromatic rings. The first-order valence-corrected chi connectivity index (χ1v) is 6.54. The molecule has 0 saturated heterocycles. The van der Waals surface area contributed by atoms with E-state index < -0.39 is 12.7 Å². The molecule has 110 valence electrons. The Morgan fingerprint density at radius 2 is 1.80 bits per heavy atom. The molecular weight excluding hydrogens is 265 g/mol. The van der Waals surface area contributed by atoms with Gasteiger partial charge in [0.15, 0.2) is 0 Å². The van der Waals surface area contributed by atoms with E-state index in [4.69, 9.17) is 0 Å². The van der Waals surface area contributed by atoms with Crippen molar-refractivity contribution in [3.63, 3.8) is 0 Å². The zero-order valence-electron chi connectivity index (χ0n) is 11.9. The van der Waals surface area contributed by atoms with Crippen LogP contribution in [0, 0.1) is 0 Å². The number of nitrogens with zero attached hydrogens (tertiary/aromatic N) is 1. The molecule has 0 aliphatic rings. The summed E-state index contributed by atoms with van der Waals surface area (Å²) < 4.78 is 38.8. The maximum Gasteiger partial charge on any atom is 0.406 e. The lowest BCUT2D eigenvalue weighted by Crippen LogP contribution is -2.35. The summed E-state index contributed by atoms with van der Waals surface area (Å²) in [5.41, 5.74) is 1.58. The van der Waals surface area contributed by atoms with Gasteiger partial charge < -0.3 is 9.88 Å². The van der Waals surface area contributed by atoms with Crippen LogP contribution in [0.1, 0.15) is 26.3 Å². The van der Waals surface area contributed by atoms with Crippen molar-refractivity contribution in [1.82, 2.24) is 9.88 Å². The molecule has 0 radical (unpaired) electrons. The molecule has 0 saturated carbocycles. The minimum atomic E-state index is -4.20. The van der Waals surface area contributed by atoms with Gasteiger partial charge in [0.25, 0.3) is 0 Å². The molecule has 2 rings (SSSR count). The molecule has 0 bridgehead atoms. The van der Waals surface area contributed by atoms with E-state index in [-0.39, 0.29) is 5.54 Å². The molecule has 0 unspecified atom stereocenters. The summed E-state index contributed by atoms with van der Waals surface area (Å²) in [4.78, 5) is 0. The molecule has 0 fully saturated rings. The van der Waals surface area contributed by atoms with Gasteiger partial charge in [-0.3, -0.25) is 0 Å². The summed E-state index contributed by atoms with van der Waals surface area (Å²) >= 11 is 0. The van der Waals surface area contributed by atoms with Gasteiger partial charge >= 0.3 is 6.18 Å². The molecular formula is C15H19F3N2.